The van der Waals surface area contributed by atoms with Gasteiger partial charge in [0.05, 0.1) is 17.7 Å². The molecule has 2 aromatic carbocycles. The number of hydrogen-bond donors (Lipinski definition) is 2. The third-order valence-electron chi connectivity index (χ3n) is 3.34. The van der Waals surface area contributed by atoms with Gasteiger partial charge < -0.3 is 10.1 Å². The number of carbonyl (C=O) groups excluding carboxylic acids is 2. The number of anilines is 2. The van der Waals surface area contributed by atoms with E-state index in [1.807, 2.05) is 0 Å². The van der Waals surface area contributed by atoms with Crippen LogP contribution in [0.5, 0.6) is 5.75 Å². The number of ether oxygens (including phenoxy) is 1. The number of amides is 1. The molecule has 0 radical (unpaired) electrons. The van der Waals surface area contributed by atoms with Gasteiger partial charge in [-0.2, -0.15) is 0 Å². The fourth-order valence-electron chi connectivity index (χ4n) is 2.14. The molecule has 0 aliphatic heterocycles. The summed E-state index contributed by atoms with van der Waals surface area (Å²) in [5.74, 6) is -0.126. The van der Waals surface area contributed by atoms with Crippen LogP contribution in [-0.2, 0) is 14.8 Å². The first-order chi connectivity index (χ1) is 11.7. The van der Waals surface area contributed by atoms with E-state index in [0.717, 1.165) is 0 Å². The molecule has 25 heavy (non-hydrogen) atoms. The van der Waals surface area contributed by atoms with E-state index in [9.17, 15) is 18.0 Å². The monoisotopic (exact) mass is 362 g/mol. The third kappa shape index (κ3) is 4.57. The van der Waals surface area contributed by atoms with Crippen molar-refractivity contribution in [2.24, 2.45) is 0 Å². The highest BCUT2D eigenvalue weighted by atomic mass is 32.2. The van der Waals surface area contributed by atoms with E-state index in [1.165, 1.54) is 51.3 Å². The molecule has 0 aromatic heterocycles. The van der Waals surface area contributed by atoms with Crippen molar-refractivity contribution in [3.8, 4) is 5.75 Å². The predicted octanol–water partition coefficient (Wildman–Crippen LogP) is 2.66. The standard InChI is InChI=1S/C17H18N2O5S/c1-11(20)13-4-7-15(8-5-13)25(22,23)19-16-10-14(18-12(2)21)6-9-17(16)24-3/h4-10,19H,1-3H3,(H,18,21). The highest BCUT2D eigenvalue weighted by Crippen LogP contribution is 2.30. The second-order valence-corrected chi connectivity index (χ2v) is 6.96. The highest BCUT2D eigenvalue weighted by Gasteiger charge is 2.17. The molecular weight excluding hydrogens is 344 g/mol. The summed E-state index contributed by atoms with van der Waals surface area (Å²) in [4.78, 5) is 22.5. The van der Waals surface area contributed by atoms with Gasteiger partial charge in [-0.15, -0.1) is 0 Å². The maximum atomic E-state index is 12.5. The van der Waals surface area contributed by atoms with Gasteiger partial charge in [-0.05, 0) is 37.3 Å². The Morgan fingerprint density at radius 1 is 1.00 bits per heavy atom. The van der Waals surface area contributed by atoms with Crippen molar-refractivity contribution in [2.45, 2.75) is 18.7 Å². The first-order valence-electron chi connectivity index (χ1n) is 7.32. The minimum atomic E-state index is -3.89. The predicted molar refractivity (Wildman–Crippen MR) is 94.6 cm³/mol. The quantitative estimate of drug-likeness (QED) is 0.769. The van der Waals surface area contributed by atoms with E-state index in [1.54, 1.807) is 12.1 Å². The van der Waals surface area contributed by atoms with Crippen LogP contribution in [0.3, 0.4) is 0 Å². The zero-order valence-electron chi connectivity index (χ0n) is 14.0. The number of nitrogens with one attached hydrogen (secondary N) is 2. The molecule has 0 aliphatic rings. The van der Waals surface area contributed by atoms with Crippen molar-refractivity contribution in [1.29, 1.82) is 0 Å². The number of methoxy groups -OCH3 is 1. The Labute approximate surface area is 146 Å². The second kappa shape index (κ2) is 7.35. The van der Waals surface area contributed by atoms with E-state index < -0.39 is 10.0 Å². The largest absolute Gasteiger partial charge is 0.495 e. The van der Waals surface area contributed by atoms with Crippen molar-refractivity contribution < 1.29 is 22.7 Å². The summed E-state index contributed by atoms with van der Waals surface area (Å²) in [5, 5.41) is 2.58. The van der Waals surface area contributed by atoms with E-state index in [2.05, 4.69) is 10.0 Å². The van der Waals surface area contributed by atoms with Crippen LogP contribution in [0.25, 0.3) is 0 Å². The van der Waals surface area contributed by atoms with Crippen LogP contribution in [0.4, 0.5) is 11.4 Å². The molecule has 0 fully saturated rings. The molecule has 2 rings (SSSR count). The number of benzene rings is 2. The van der Waals surface area contributed by atoms with Crippen LogP contribution in [-0.4, -0.2) is 27.2 Å². The molecule has 1 amide bonds. The van der Waals surface area contributed by atoms with Crippen LogP contribution in [0, 0.1) is 0 Å². The summed E-state index contributed by atoms with van der Waals surface area (Å²) < 4.78 is 32.7. The van der Waals surface area contributed by atoms with Crippen LogP contribution in [0.2, 0.25) is 0 Å². The lowest BCUT2D eigenvalue weighted by atomic mass is 10.2. The number of Topliss-reactive ketones (excluding diaryl/α,β-unsaturated/α-hetero) is 1. The Kier molecular flexibility index (Phi) is 5.43. The molecule has 0 spiro atoms. The molecule has 7 nitrogen and oxygen atoms in total. The summed E-state index contributed by atoms with van der Waals surface area (Å²) in [6, 6.07) is 10.2. The zero-order chi connectivity index (χ0) is 18.6. The lowest BCUT2D eigenvalue weighted by Crippen LogP contribution is -2.14. The molecule has 8 heteroatoms. The Hall–Kier alpha value is -2.87. The number of carbonyl (C=O) groups is 2. The SMILES string of the molecule is COc1ccc(NC(C)=O)cc1NS(=O)(=O)c1ccc(C(C)=O)cc1. The van der Waals surface area contributed by atoms with E-state index in [0.29, 0.717) is 17.0 Å². The summed E-state index contributed by atoms with van der Waals surface area (Å²) in [6.07, 6.45) is 0. The topological polar surface area (TPSA) is 102 Å². The molecule has 0 atom stereocenters. The van der Waals surface area contributed by atoms with Gasteiger partial charge in [0, 0.05) is 18.2 Å². The van der Waals surface area contributed by atoms with Crippen molar-refractivity contribution in [3.63, 3.8) is 0 Å². The molecule has 2 aromatic rings. The molecule has 0 bridgehead atoms. The fraction of sp³-hybridized carbons (Fsp3) is 0.176. The van der Waals surface area contributed by atoms with E-state index in [4.69, 9.17) is 4.74 Å². The molecule has 0 saturated heterocycles. The zero-order valence-corrected chi connectivity index (χ0v) is 14.8. The number of rotatable bonds is 6. The van der Waals surface area contributed by atoms with Gasteiger partial charge in [-0.25, -0.2) is 8.42 Å². The summed E-state index contributed by atoms with van der Waals surface area (Å²) in [6.45, 7) is 2.75. The Morgan fingerprint density at radius 2 is 1.64 bits per heavy atom. The maximum absolute atomic E-state index is 12.5. The minimum Gasteiger partial charge on any atom is -0.495 e. The van der Waals surface area contributed by atoms with E-state index in [-0.39, 0.29) is 22.3 Å². The Morgan fingerprint density at radius 3 is 2.16 bits per heavy atom. The smallest absolute Gasteiger partial charge is 0.262 e. The van der Waals surface area contributed by atoms with Gasteiger partial charge in [-0.1, -0.05) is 12.1 Å². The third-order valence-corrected chi connectivity index (χ3v) is 4.72. The first-order valence-corrected chi connectivity index (χ1v) is 8.80. The molecule has 0 heterocycles. The van der Waals surface area contributed by atoms with Crippen molar-refractivity contribution in [2.75, 3.05) is 17.1 Å². The van der Waals surface area contributed by atoms with Gasteiger partial charge in [0.25, 0.3) is 10.0 Å². The van der Waals surface area contributed by atoms with Gasteiger partial charge in [0.2, 0.25) is 5.91 Å². The van der Waals surface area contributed by atoms with Crippen molar-refractivity contribution in [3.05, 3.63) is 48.0 Å². The summed E-state index contributed by atoms with van der Waals surface area (Å²) in [7, 11) is -2.48. The van der Waals surface area contributed by atoms with E-state index >= 15 is 0 Å². The number of ketones is 1. The Bertz CT molecular complexity index is 905. The fourth-order valence-corrected chi connectivity index (χ4v) is 3.20. The second-order valence-electron chi connectivity index (χ2n) is 5.28. The Balaban J connectivity index is 2.35. The average molecular weight is 362 g/mol. The van der Waals surface area contributed by atoms with Crippen LogP contribution >= 0.6 is 0 Å². The lowest BCUT2D eigenvalue weighted by Gasteiger charge is -2.14. The lowest BCUT2D eigenvalue weighted by molar-refractivity contribution is -0.114. The molecular formula is C17H18N2O5S. The van der Waals surface area contributed by atoms with Crippen LogP contribution in [0.1, 0.15) is 24.2 Å². The highest BCUT2D eigenvalue weighted by molar-refractivity contribution is 7.92. The first kappa shape index (κ1) is 18.5. The van der Waals surface area contributed by atoms with Gasteiger partial charge in [0.15, 0.2) is 5.78 Å². The number of hydrogen-bond acceptors (Lipinski definition) is 5. The van der Waals surface area contributed by atoms with Gasteiger partial charge >= 0.3 is 0 Å². The minimum absolute atomic E-state index is 0.00415. The van der Waals surface area contributed by atoms with Crippen LogP contribution in [0.15, 0.2) is 47.4 Å². The van der Waals surface area contributed by atoms with Gasteiger partial charge in [-0.3, -0.25) is 14.3 Å². The molecule has 2 N–H and O–H groups in total. The average Bonchev–Trinajstić information content (AvgIpc) is 2.54. The molecule has 0 aliphatic carbocycles. The van der Waals surface area contributed by atoms with Crippen molar-refractivity contribution >= 4 is 33.1 Å². The van der Waals surface area contributed by atoms with Crippen molar-refractivity contribution in [1.82, 2.24) is 0 Å². The number of sulfonamides is 1. The molecule has 0 unspecified atom stereocenters. The summed E-state index contributed by atoms with van der Waals surface area (Å²) in [5.41, 5.74) is 1.03. The van der Waals surface area contributed by atoms with Gasteiger partial charge in [0.1, 0.15) is 5.75 Å². The van der Waals surface area contributed by atoms with Crippen LogP contribution < -0.4 is 14.8 Å². The normalized spacial score (nSPS) is 10.8. The molecule has 132 valence electrons. The summed E-state index contributed by atoms with van der Waals surface area (Å²) >= 11 is 0. The molecule has 0 saturated carbocycles. The maximum Gasteiger partial charge on any atom is 0.262 e.